The molecule has 3 aromatic rings. The number of aromatic nitrogens is 2. The van der Waals surface area contributed by atoms with Crippen molar-refractivity contribution in [2.75, 3.05) is 75.8 Å². The van der Waals surface area contributed by atoms with Gasteiger partial charge in [-0.3, -0.25) is 4.57 Å². The van der Waals surface area contributed by atoms with Crippen molar-refractivity contribution >= 4 is 40.8 Å². The summed E-state index contributed by atoms with van der Waals surface area (Å²) in [6, 6.07) is 14.2. The maximum Gasteiger partial charge on any atom is 0.331 e. The number of sulfonamides is 1. The molecule has 0 radical (unpaired) electrons. The third kappa shape index (κ3) is 10.0. The molecule has 3 heterocycles. The van der Waals surface area contributed by atoms with Gasteiger partial charge in [0.15, 0.2) is 0 Å². The summed E-state index contributed by atoms with van der Waals surface area (Å²) >= 11 is 0. The van der Waals surface area contributed by atoms with Crippen LogP contribution in [0.4, 0.5) is 27.5 Å². The minimum atomic E-state index is -3.79. The van der Waals surface area contributed by atoms with Gasteiger partial charge in [0, 0.05) is 43.2 Å². The molecular weight excluding hydrogens is 656 g/mol. The minimum absolute atomic E-state index is 0.137. The molecule has 0 unspecified atom stereocenters. The van der Waals surface area contributed by atoms with Crippen molar-refractivity contribution in [3.8, 4) is 0 Å². The lowest BCUT2D eigenvalue weighted by molar-refractivity contribution is 0.153. The number of hydrogen-bond donors (Lipinski definition) is 2. The summed E-state index contributed by atoms with van der Waals surface area (Å²) in [7, 11) is -6.92. The Kier molecular flexibility index (Phi) is 12.9. The maximum atomic E-state index is 14.2. The predicted octanol–water partition coefficient (Wildman–Crippen LogP) is 5.92. The van der Waals surface area contributed by atoms with Gasteiger partial charge in [0.05, 0.1) is 24.3 Å². The average molecular weight is 704 g/mol. The number of piperidine rings is 1. The summed E-state index contributed by atoms with van der Waals surface area (Å²) in [6.45, 7) is 9.38. The predicted molar refractivity (Wildman–Crippen MR) is 186 cm³/mol. The molecule has 262 valence electrons. The summed E-state index contributed by atoms with van der Waals surface area (Å²) in [6.07, 6.45) is 5.57. The molecule has 0 atom stereocenters. The molecule has 2 aromatic carbocycles. The third-order valence-electron chi connectivity index (χ3n) is 8.63. The molecule has 0 spiro atoms. The summed E-state index contributed by atoms with van der Waals surface area (Å²) in [5.74, 6) is 0.531. The molecular formula is C33H47FN7O5PS. The van der Waals surface area contributed by atoms with Crippen molar-refractivity contribution in [2.45, 2.75) is 50.5 Å². The van der Waals surface area contributed by atoms with Crippen molar-refractivity contribution < 1.29 is 26.4 Å². The van der Waals surface area contributed by atoms with Crippen LogP contribution in [0, 0.1) is 5.82 Å². The molecule has 2 aliphatic rings. The van der Waals surface area contributed by atoms with E-state index in [1.807, 2.05) is 13.8 Å². The van der Waals surface area contributed by atoms with E-state index in [4.69, 9.17) is 9.05 Å². The second-order valence-corrected chi connectivity index (χ2v) is 16.0. The number of nitrogens with zero attached hydrogens (tertiary/aromatic N) is 5. The first kappa shape index (κ1) is 36.3. The molecule has 0 saturated carbocycles. The highest BCUT2D eigenvalue weighted by Gasteiger charge is 2.35. The maximum absolute atomic E-state index is 14.2. The molecule has 0 bridgehead atoms. The van der Waals surface area contributed by atoms with Crippen LogP contribution in [0.15, 0.2) is 65.7 Å². The van der Waals surface area contributed by atoms with Crippen LogP contribution in [0.3, 0.4) is 0 Å². The van der Waals surface area contributed by atoms with E-state index in [9.17, 15) is 17.4 Å². The van der Waals surface area contributed by atoms with Crippen molar-refractivity contribution in [3.05, 3.63) is 66.6 Å². The van der Waals surface area contributed by atoms with Crippen molar-refractivity contribution in [3.63, 3.8) is 0 Å². The lowest BCUT2D eigenvalue weighted by Gasteiger charge is -2.38. The van der Waals surface area contributed by atoms with Gasteiger partial charge in [-0.1, -0.05) is 0 Å². The first-order valence-electron chi connectivity index (χ1n) is 16.7. The van der Waals surface area contributed by atoms with Crippen molar-refractivity contribution in [1.82, 2.24) is 24.1 Å². The van der Waals surface area contributed by atoms with Crippen molar-refractivity contribution in [2.24, 2.45) is 0 Å². The lowest BCUT2D eigenvalue weighted by Crippen LogP contribution is -2.49. The molecule has 12 nitrogen and oxygen atoms in total. The quantitative estimate of drug-likeness (QED) is 0.163. The first-order valence-corrected chi connectivity index (χ1v) is 19.9. The highest BCUT2D eigenvalue weighted by atomic mass is 32.2. The van der Waals surface area contributed by atoms with E-state index in [1.54, 1.807) is 53.0 Å². The van der Waals surface area contributed by atoms with Crippen LogP contribution in [0.2, 0.25) is 0 Å². The summed E-state index contributed by atoms with van der Waals surface area (Å²) in [4.78, 5) is 13.5. The fourth-order valence-electron chi connectivity index (χ4n) is 6.14. The topological polar surface area (TPSA) is 129 Å². The number of nitrogens with one attached hydrogen (secondary N) is 2. The summed E-state index contributed by atoms with van der Waals surface area (Å²) in [5.41, 5.74) is 1.32. The Hall–Kier alpha value is -2.97. The van der Waals surface area contributed by atoms with Gasteiger partial charge in [0.1, 0.15) is 11.6 Å². The highest BCUT2D eigenvalue weighted by molar-refractivity contribution is 7.89. The largest absolute Gasteiger partial charge is 0.340 e. The number of likely N-dealkylation sites (tertiary alicyclic amines) is 2. The fourth-order valence-corrected chi connectivity index (χ4v) is 9.47. The zero-order chi connectivity index (χ0) is 34.0. The van der Waals surface area contributed by atoms with Gasteiger partial charge in [-0.15, -0.1) is 0 Å². The molecule has 2 saturated heterocycles. The Bertz CT molecular complexity index is 1590. The van der Waals surface area contributed by atoms with Crippen molar-refractivity contribution in [1.29, 1.82) is 0 Å². The molecule has 0 aliphatic carbocycles. The van der Waals surface area contributed by atoms with E-state index >= 15 is 0 Å². The van der Waals surface area contributed by atoms with E-state index in [0.29, 0.717) is 88.1 Å². The van der Waals surface area contributed by atoms with Gasteiger partial charge in [-0.25, -0.2) is 17.8 Å². The Balaban J connectivity index is 1.23. The molecule has 15 heteroatoms. The zero-order valence-electron chi connectivity index (χ0n) is 27.8. The number of halogens is 1. The van der Waals surface area contributed by atoms with Crippen LogP contribution < -0.4 is 10.6 Å². The monoisotopic (exact) mass is 703 g/mol. The van der Waals surface area contributed by atoms with Gasteiger partial charge in [-0.05, 0) is 120 Å². The number of benzene rings is 2. The Morgan fingerprint density at radius 1 is 0.875 bits per heavy atom. The zero-order valence-corrected chi connectivity index (χ0v) is 29.5. The van der Waals surface area contributed by atoms with E-state index < -0.39 is 17.6 Å². The SMILES string of the molecule is CCOP(=O)(CCN1CCC(N(CCN2CCCC2)S(=O)(=O)c2ccc(Nc3nccc(Nc4ccc(F)cc4)n3)cc2)CC1)OCC. The van der Waals surface area contributed by atoms with Crippen LogP contribution in [0.25, 0.3) is 0 Å². The van der Waals surface area contributed by atoms with Gasteiger partial charge in [0.2, 0.25) is 16.0 Å². The molecule has 2 aliphatic heterocycles. The standard InChI is InChI=1S/C33H47FN7O5PS/c1-3-45-47(42,46-4-2)26-25-40-21-16-30(17-22-40)41(24-23-39-19-5-6-20-39)48(43,44)31-13-11-29(12-14-31)37-33-35-18-15-32(38-33)36-28-9-7-27(34)8-10-28/h7-15,18,30H,3-6,16-17,19-26H2,1-2H3,(H2,35,36,37,38). The lowest BCUT2D eigenvalue weighted by atomic mass is 10.1. The second kappa shape index (κ2) is 17.1. The molecule has 2 fully saturated rings. The summed E-state index contributed by atoms with van der Waals surface area (Å²) in [5, 5.41) is 6.25. The highest BCUT2D eigenvalue weighted by Crippen LogP contribution is 2.47. The average Bonchev–Trinajstić information content (AvgIpc) is 3.60. The molecule has 0 amide bonds. The van der Waals surface area contributed by atoms with Gasteiger partial charge in [0.25, 0.3) is 0 Å². The Morgan fingerprint density at radius 3 is 2.12 bits per heavy atom. The number of rotatable bonds is 17. The molecule has 2 N–H and O–H groups in total. The Labute approximate surface area is 283 Å². The smallest absolute Gasteiger partial charge is 0.331 e. The van der Waals surface area contributed by atoms with Crippen LogP contribution in [-0.2, 0) is 23.6 Å². The van der Waals surface area contributed by atoms with Gasteiger partial charge < -0.3 is 29.5 Å². The van der Waals surface area contributed by atoms with Crippen LogP contribution in [0.1, 0.15) is 39.5 Å². The summed E-state index contributed by atoms with van der Waals surface area (Å²) < 4.78 is 67.2. The van der Waals surface area contributed by atoms with Crippen LogP contribution in [0.5, 0.6) is 0 Å². The molecule has 1 aromatic heterocycles. The van der Waals surface area contributed by atoms with Gasteiger partial charge in [-0.2, -0.15) is 9.29 Å². The van der Waals surface area contributed by atoms with Crippen LogP contribution >= 0.6 is 7.60 Å². The van der Waals surface area contributed by atoms with E-state index in [0.717, 1.165) is 25.9 Å². The Morgan fingerprint density at radius 2 is 1.48 bits per heavy atom. The fraction of sp³-hybridized carbons (Fsp3) is 0.515. The van der Waals surface area contributed by atoms with Gasteiger partial charge >= 0.3 is 7.60 Å². The van der Waals surface area contributed by atoms with E-state index in [2.05, 4.69) is 30.4 Å². The minimum Gasteiger partial charge on any atom is -0.340 e. The molecule has 48 heavy (non-hydrogen) atoms. The first-order chi connectivity index (χ1) is 23.2. The number of anilines is 4. The normalized spacial score (nSPS) is 16.8. The van der Waals surface area contributed by atoms with E-state index in [-0.39, 0.29) is 16.8 Å². The van der Waals surface area contributed by atoms with E-state index in [1.165, 1.54) is 12.1 Å². The van der Waals surface area contributed by atoms with Crippen LogP contribution in [-0.4, -0.2) is 104 Å². The molecule has 5 rings (SSSR count). The third-order valence-corrected chi connectivity index (χ3v) is 12.6. The number of hydrogen-bond acceptors (Lipinski definition) is 11. The second-order valence-electron chi connectivity index (χ2n) is 12.0.